The first-order chi connectivity index (χ1) is 9.06. The molecule has 0 atom stereocenters. The van der Waals surface area contributed by atoms with Crippen LogP contribution in [0.3, 0.4) is 0 Å². The molecule has 1 aromatic heterocycles. The lowest BCUT2D eigenvalue weighted by atomic mass is 9.77. The molecule has 0 aliphatic carbocycles. The second-order valence-electron chi connectivity index (χ2n) is 4.19. The molecule has 0 saturated heterocycles. The Morgan fingerprint density at radius 2 is 2.05 bits per heavy atom. The first-order valence-electron chi connectivity index (χ1n) is 5.75. The molecule has 0 fully saturated rings. The maximum atomic E-state index is 12.9. The van der Waals surface area contributed by atoms with Crippen LogP contribution in [0.15, 0.2) is 36.7 Å². The number of benzene rings is 1. The van der Waals surface area contributed by atoms with Crippen molar-refractivity contribution in [1.29, 1.82) is 0 Å². The highest BCUT2D eigenvalue weighted by Crippen LogP contribution is 2.14. The number of pyridine rings is 1. The monoisotopic (exact) mass is 261 g/mol. The van der Waals surface area contributed by atoms with E-state index in [1.807, 2.05) is 0 Å². The largest absolute Gasteiger partial charge is 0.489 e. The van der Waals surface area contributed by atoms with Gasteiger partial charge in [-0.3, -0.25) is 4.98 Å². The fourth-order valence-corrected chi connectivity index (χ4v) is 1.73. The molecule has 19 heavy (non-hydrogen) atoms. The molecular formula is C13H13BFNO3. The molecule has 0 spiro atoms. The summed E-state index contributed by atoms with van der Waals surface area (Å²) in [5, 5.41) is 18.2. The van der Waals surface area contributed by atoms with Crippen molar-refractivity contribution in [3.8, 4) is 5.75 Å². The van der Waals surface area contributed by atoms with Crippen molar-refractivity contribution in [2.75, 3.05) is 0 Å². The second kappa shape index (κ2) is 5.82. The molecule has 6 heteroatoms. The first-order valence-corrected chi connectivity index (χ1v) is 5.75. The molecule has 0 radical (unpaired) electrons. The van der Waals surface area contributed by atoms with E-state index in [1.165, 1.54) is 12.3 Å². The molecule has 2 aromatic rings. The minimum atomic E-state index is -1.50. The Bertz CT molecular complexity index is 578. The van der Waals surface area contributed by atoms with Crippen molar-refractivity contribution in [1.82, 2.24) is 4.98 Å². The van der Waals surface area contributed by atoms with Crippen molar-refractivity contribution < 1.29 is 19.2 Å². The average Bonchev–Trinajstić information content (AvgIpc) is 2.36. The summed E-state index contributed by atoms with van der Waals surface area (Å²) >= 11 is 0. The van der Waals surface area contributed by atoms with E-state index in [9.17, 15) is 4.39 Å². The van der Waals surface area contributed by atoms with Crippen LogP contribution in [-0.4, -0.2) is 22.2 Å². The van der Waals surface area contributed by atoms with Gasteiger partial charge in [0.05, 0.1) is 6.20 Å². The summed E-state index contributed by atoms with van der Waals surface area (Å²) in [5.74, 6) is 0.169. The number of halogens is 1. The molecule has 0 unspecified atom stereocenters. The SMILES string of the molecule is Cc1cc(OCc2cncc(F)c2)ccc1B(O)O. The van der Waals surface area contributed by atoms with Gasteiger partial charge in [-0.1, -0.05) is 6.07 Å². The highest BCUT2D eigenvalue weighted by atomic mass is 19.1. The smallest absolute Gasteiger partial charge is 0.488 e. The van der Waals surface area contributed by atoms with Crippen molar-refractivity contribution in [3.05, 3.63) is 53.6 Å². The Hall–Kier alpha value is -1.92. The van der Waals surface area contributed by atoms with Crippen LogP contribution in [-0.2, 0) is 6.61 Å². The number of aryl methyl sites for hydroxylation is 1. The number of nitrogens with zero attached hydrogens (tertiary/aromatic N) is 1. The molecule has 2 rings (SSSR count). The average molecular weight is 261 g/mol. The van der Waals surface area contributed by atoms with Crippen LogP contribution in [0.4, 0.5) is 4.39 Å². The minimum Gasteiger partial charge on any atom is -0.489 e. The molecule has 0 amide bonds. The number of rotatable bonds is 4. The Labute approximate surface area is 110 Å². The first kappa shape index (κ1) is 13.5. The molecule has 1 aromatic carbocycles. The summed E-state index contributed by atoms with van der Waals surface area (Å²) < 4.78 is 18.4. The van der Waals surface area contributed by atoms with Crippen molar-refractivity contribution >= 4 is 12.6 Å². The van der Waals surface area contributed by atoms with Gasteiger partial charge in [-0.25, -0.2) is 4.39 Å². The van der Waals surface area contributed by atoms with Gasteiger partial charge in [-0.15, -0.1) is 0 Å². The Morgan fingerprint density at radius 1 is 1.26 bits per heavy atom. The lowest BCUT2D eigenvalue weighted by molar-refractivity contribution is 0.305. The third-order valence-electron chi connectivity index (χ3n) is 2.69. The van der Waals surface area contributed by atoms with Crippen LogP contribution in [0, 0.1) is 12.7 Å². The van der Waals surface area contributed by atoms with Gasteiger partial charge in [-0.2, -0.15) is 0 Å². The molecule has 0 saturated carbocycles. The zero-order valence-corrected chi connectivity index (χ0v) is 10.4. The van der Waals surface area contributed by atoms with E-state index in [0.29, 0.717) is 22.3 Å². The van der Waals surface area contributed by atoms with Crippen molar-refractivity contribution in [2.24, 2.45) is 0 Å². The Balaban J connectivity index is 2.06. The second-order valence-corrected chi connectivity index (χ2v) is 4.19. The van der Waals surface area contributed by atoms with Crippen LogP contribution in [0.2, 0.25) is 0 Å². The highest BCUT2D eigenvalue weighted by Gasteiger charge is 2.13. The lowest BCUT2D eigenvalue weighted by Crippen LogP contribution is -2.31. The van der Waals surface area contributed by atoms with Crippen LogP contribution in [0.25, 0.3) is 0 Å². The van der Waals surface area contributed by atoms with Crippen LogP contribution < -0.4 is 10.2 Å². The van der Waals surface area contributed by atoms with E-state index in [0.717, 1.165) is 6.20 Å². The van der Waals surface area contributed by atoms with Gasteiger partial charge in [-0.05, 0) is 36.1 Å². The van der Waals surface area contributed by atoms with E-state index in [2.05, 4.69) is 4.98 Å². The van der Waals surface area contributed by atoms with Gasteiger partial charge in [0.25, 0.3) is 0 Å². The van der Waals surface area contributed by atoms with Crippen LogP contribution in [0.1, 0.15) is 11.1 Å². The van der Waals surface area contributed by atoms with Gasteiger partial charge < -0.3 is 14.8 Å². The highest BCUT2D eigenvalue weighted by molar-refractivity contribution is 6.59. The predicted molar refractivity (Wildman–Crippen MR) is 69.5 cm³/mol. The van der Waals surface area contributed by atoms with Crippen molar-refractivity contribution in [3.63, 3.8) is 0 Å². The third-order valence-corrected chi connectivity index (χ3v) is 2.69. The minimum absolute atomic E-state index is 0.200. The van der Waals surface area contributed by atoms with E-state index in [1.54, 1.807) is 25.1 Å². The fraction of sp³-hybridized carbons (Fsp3) is 0.154. The maximum Gasteiger partial charge on any atom is 0.488 e. The number of hydrogen-bond acceptors (Lipinski definition) is 4. The summed E-state index contributed by atoms with van der Waals surface area (Å²) in [6, 6.07) is 6.26. The summed E-state index contributed by atoms with van der Waals surface area (Å²) in [7, 11) is -1.50. The third kappa shape index (κ3) is 3.53. The number of aromatic nitrogens is 1. The number of ether oxygens (including phenoxy) is 1. The maximum absolute atomic E-state index is 12.9. The van der Waals surface area contributed by atoms with E-state index >= 15 is 0 Å². The van der Waals surface area contributed by atoms with Crippen LogP contribution in [0.5, 0.6) is 5.75 Å². The molecule has 2 N–H and O–H groups in total. The van der Waals surface area contributed by atoms with Gasteiger partial charge in [0.1, 0.15) is 18.2 Å². The lowest BCUT2D eigenvalue weighted by Gasteiger charge is -2.09. The van der Waals surface area contributed by atoms with E-state index in [-0.39, 0.29) is 6.61 Å². The standard InChI is InChI=1S/C13H13BFNO3/c1-9-4-12(2-3-13(9)14(17)18)19-8-10-5-11(15)7-16-6-10/h2-7,17-18H,8H2,1H3. The summed E-state index contributed by atoms with van der Waals surface area (Å²) in [4.78, 5) is 3.73. The fourth-order valence-electron chi connectivity index (χ4n) is 1.73. The van der Waals surface area contributed by atoms with E-state index in [4.69, 9.17) is 14.8 Å². The van der Waals surface area contributed by atoms with Crippen molar-refractivity contribution in [2.45, 2.75) is 13.5 Å². The van der Waals surface area contributed by atoms with Gasteiger partial charge in [0.2, 0.25) is 0 Å². The Kier molecular flexibility index (Phi) is 4.14. The molecule has 1 heterocycles. The molecule has 0 aliphatic heterocycles. The zero-order chi connectivity index (χ0) is 13.8. The molecule has 4 nitrogen and oxygen atoms in total. The van der Waals surface area contributed by atoms with Crippen LogP contribution >= 0.6 is 0 Å². The normalized spacial score (nSPS) is 10.3. The van der Waals surface area contributed by atoms with Gasteiger partial charge in [0.15, 0.2) is 0 Å². The quantitative estimate of drug-likeness (QED) is 0.798. The van der Waals surface area contributed by atoms with Gasteiger partial charge in [0, 0.05) is 11.8 Å². The summed E-state index contributed by atoms with van der Waals surface area (Å²) in [6.45, 7) is 1.95. The van der Waals surface area contributed by atoms with Gasteiger partial charge >= 0.3 is 7.12 Å². The number of hydrogen-bond donors (Lipinski definition) is 2. The molecule has 98 valence electrons. The zero-order valence-electron chi connectivity index (χ0n) is 10.4. The summed E-state index contributed by atoms with van der Waals surface area (Å²) in [5.41, 5.74) is 1.77. The molecule has 0 aliphatic rings. The van der Waals surface area contributed by atoms with E-state index < -0.39 is 12.9 Å². The molecular weight excluding hydrogens is 248 g/mol. The predicted octanol–water partition coefficient (Wildman–Crippen LogP) is 0.788. The molecule has 0 bridgehead atoms. The topological polar surface area (TPSA) is 62.6 Å². The summed E-state index contributed by atoms with van der Waals surface area (Å²) in [6.07, 6.45) is 2.66. The Morgan fingerprint density at radius 3 is 2.68 bits per heavy atom.